The van der Waals surface area contributed by atoms with Crippen molar-refractivity contribution in [2.75, 3.05) is 0 Å². The molecule has 2 aliphatic rings. The molecule has 0 saturated heterocycles. The van der Waals surface area contributed by atoms with Crippen LogP contribution in [0.4, 0.5) is 0 Å². The van der Waals surface area contributed by atoms with Crippen LogP contribution in [0, 0.1) is 0 Å². The van der Waals surface area contributed by atoms with Crippen molar-refractivity contribution in [3.63, 3.8) is 0 Å². The molecule has 2 fully saturated rings. The fourth-order valence-corrected chi connectivity index (χ4v) is 6.60. The summed E-state index contributed by atoms with van der Waals surface area (Å²) in [4.78, 5) is 0. The van der Waals surface area contributed by atoms with Gasteiger partial charge in [-0.1, -0.05) is 13.8 Å². The molecule has 0 amide bonds. The van der Waals surface area contributed by atoms with Gasteiger partial charge in [-0.05, 0) is 75.4 Å². The van der Waals surface area contributed by atoms with Gasteiger partial charge in [0, 0.05) is 0 Å². The molecule has 2 aliphatic carbocycles. The third-order valence-corrected chi connectivity index (χ3v) is 8.07. The first-order valence-corrected chi connectivity index (χ1v) is 8.26. The lowest BCUT2D eigenvalue weighted by molar-refractivity contribution is 0.441. The predicted octanol–water partition coefficient (Wildman–Crippen LogP) is 4.18. The second-order valence-corrected chi connectivity index (χ2v) is 8.03. The molecule has 2 saturated carbocycles. The lowest BCUT2D eigenvalue weighted by Gasteiger charge is -2.42. The van der Waals surface area contributed by atoms with Gasteiger partial charge >= 0.3 is 0 Å². The van der Waals surface area contributed by atoms with Crippen LogP contribution < -0.4 is 0 Å². The topological polar surface area (TPSA) is 23.1 Å². The van der Waals surface area contributed by atoms with Crippen molar-refractivity contribution in [3.8, 4) is 0 Å². The lowest BCUT2D eigenvalue weighted by Crippen LogP contribution is -2.49. The quantitative estimate of drug-likeness (QED) is 0.678. The summed E-state index contributed by atoms with van der Waals surface area (Å²) in [7, 11) is 0. The van der Waals surface area contributed by atoms with Crippen LogP contribution in [0.15, 0.2) is 0 Å². The zero-order valence-electron chi connectivity index (χ0n) is 10.9. The maximum Gasteiger partial charge on any atom is 0.125 e. The van der Waals surface area contributed by atoms with Crippen LogP contribution in [0.2, 0.25) is 0 Å². The maximum atomic E-state index is 13.1. The first-order valence-electron chi connectivity index (χ1n) is 7.11. The van der Waals surface area contributed by atoms with Crippen molar-refractivity contribution < 1.29 is 4.55 Å². The second-order valence-electron chi connectivity index (χ2n) is 5.76. The van der Waals surface area contributed by atoms with Crippen LogP contribution in [-0.2, 0) is 11.2 Å². The van der Waals surface area contributed by atoms with Crippen molar-refractivity contribution in [2.45, 2.75) is 87.5 Å². The Morgan fingerprint density at radius 2 is 1.12 bits per heavy atom. The van der Waals surface area contributed by atoms with Gasteiger partial charge in [0.25, 0.3) is 0 Å². The average Bonchev–Trinajstić information content (AvgIpc) is 2.99. The van der Waals surface area contributed by atoms with Gasteiger partial charge in [0.05, 0.1) is 0 Å². The summed E-state index contributed by atoms with van der Waals surface area (Å²) in [6.45, 7) is 4.50. The highest BCUT2D eigenvalue weighted by molar-refractivity contribution is 7.94. The fourth-order valence-electron chi connectivity index (χ4n) is 3.84. The van der Waals surface area contributed by atoms with Gasteiger partial charge < -0.3 is 4.55 Å². The summed E-state index contributed by atoms with van der Waals surface area (Å²) in [6.07, 6.45) is 12.4. The monoisotopic (exact) mass is 242 g/mol. The third-order valence-electron chi connectivity index (χ3n) is 5.10. The first kappa shape index (κ1) is 12.8. The second kappa shape index (κ2) is 4.89. The van der Waals surface area contributed by atoms with Crippen LogP contribution in [0.5, 0.6) is 0 Å². The summed E-state index contributed by atoms with van der Waals surface area (Å²) in [5.74, 6) is 0. The van der Waals surface area contributed by atoms with E-state index in [1.54, 1.807) is 0 Å². The average molecular weight is 242 g/mol. The van der Waals surface area contributed by atoms with Crippen LogP contribution >= 0.6 is 0 Å². The van der Waals surface area contributed by atoms with Crippen molar-refractivity contribution in [1.29, 1.82) is 0 Å². The Morgan fingerprint density at radius 3 is 1.38 bits per heavy atom. The highest BCUT2D eigenvalue weighted by Crippen LogP contribution is 2.50. The molecule has 0 heterocycles. The summed E-state index contributed by atoms with van der Waals surface area (Å²) in [5.41, 5.74) is 0. The Kier molecular flexibility index (Phi) is 3.90. The van der Waals surface area contributed by atoms with Crippen molar-refractivity contribution in [1.82, 2.24) is 0 Å². The SMILES string of the molecule is CCC1([S+]([O-])C2(CC)CCCC2)CCCC1. The van der Waals surface area contributed by atoms with E-state index in [-0.39, 0.29) is 9.49 Å². The van der Waals surface area contributed by atoms with Crippen molar-refractivity contribution >= 4 is 11.2 Å². The fraction of sp³-hybridized carbons (Fsp3) is 1.00. The Balaban J connectivity index is 2.17. The number of hydrogen-bond donors (Lipinski definition) is 0. The Hall–Kier alpha value is 0.310. The first-order chi connectivity index (χ1) is 7.69. The van der Waals surface area contributed by atoms with Gasteiger partial charge in [-0.25, -0.2) is 0 Å². The van der Waals surface area contributed by atoms with Crippen LogP contribution in [-0.4, -0.2) is 14.0 Å². The lowest BCUT2D eigenvalue weighted by atomic mass is 10.0. The smallest absolute Gasteiger partial charge is 0.125 e. The minimum atomic E-state index is -0.588. The highest BCUT2D eigenvalue weighted by atomic mass is 32.2. The van der Waals surface area contributed by atoms with Crippen molar-refractivity contribution in [2.24, 2.45) is 0 Å². The zero-order chi connectivity index (χ0) is 11.6. The summed E-state index contributed by atoms with van der Waals surface area (Å²) in [5, 5.41) is 0. The molecule has 0 aromatic rings. The molecule has 0 bridgehead atoms. The summed E-state index contributed by atoms with van der Waals surface area (Å²) < 4.78 is 13.5. The van der Waals surface area contributed by atoms with Crippen LogP contribution in [0.25, 0.3) is 0 Å². The van der Waals surface area contributed by atoms with E-state index in [9.17, 15) is 4.55 Å². The number of rotatable bonds is 4. The highest BCUT2D eigenvalue weighted by Gasteiger charge is 2.54. The molecule has 0 unspecified atom stereocenters. The largest absolute Gasteiger partial charge is 0.615 e. The predicted molar refractivity (Wildman–Crippen MR) is 71.1 cm³/mol. The van der Waals surface area contributed by atoms with E-state index < -0.39 is 11.2 Å². The Morgan fingerprint density at radius 1 is 0.812 bits per heavy atom. The number of hydrogen-bond acceptors (Lipinski definition) is 1. The maximum absolute atomic E-state index is 13.1. The minimum Gasteiger partial charge on any atom is -0.615 e. The van der Waals surface area contributed by atoms with Gasteiger partial charge in [0.15, 0.2) is 0 Å². The molecular formula is C14H26OS. The minimum absolute atomic E-state index is 0.195. The van der Waals surface area contributed by atoms with E-state index in [2.05, 4.69) is 13.8 Å². The third kappa shape index (κ3) is 1.92. The van der Waals surface area contributed by atoms with Gasteiger partial charge in [0.2, 0.25) is 0 Å². The molecule has 2 heteroatoms. The molecule has 2 rings (SSSR count). The van der Waals surface area contributed by atoms with Gasteiger partial charge in [-0.3, -0.25) is 0 Å². The molecule has 0 radical (unpaired) electrons. The normalized spacial score (nSPS) is 27.8. The van der Waals surface area contributed by atoms with E-state index in [0.29, 0.717) is 0 Å². The van der Waals surface area contributed by atoms with E-state index in [4.69, 9.17) is 0 Å². The van der Waals surface area contributed by atoms with E-state index >= 15 is 0 Å². The van der Waals surface area contributed by atoms with Crippen LogP contribution in [0.1, 0.15) is 78.1 Å². The molecule has 1 nitrogen and oxygen atoms in total. The summed E-state index contributed by atoms with van der Waals surface area (Å²) in [6, 6.07) is 0. The molecular weight excluding hydrogens is 216 g/mol. The molecule has 0 atom stereocenters. The van der Waals surface area contributed by atoms with E-state index in [1.165, 1.54) is 51.4 Å². The molecule has 0 aromatic heterocycles. The molecule has 94 valence electrons. The standard InChI is InChI=1S/C14H26OS/c1-3-13(9-5-6-10-13)16(15)14(4-2)11-7-8-12-14/h3-12H2,1-2H3. The van der Waals surface area contributed by atoms with Gasteiger partial charge in [-0.15, -0.1) is 0 Å². The molecule has 0 aliphatic heterocycles. The van der Waals surface area contributed by atoms with E-state index in [1.807, 2.05) is 0 Å². The van der Waals surface area contributed by atoms with Crippen LogP contribution in [0.3, 0.4) is 0 Å². The molecule has 0 spiro atoms. The van der Waals surface area contributed by atoms with E-state index in [0.717, 1.165) is 12.8 Å². The molecule has 0 N–H and O–H groups in total. The molecule has 0 aromatic carbocycles. The van der Waals surface area contributed by atoms with Gasteiger partial charge in [-0.2, -0.15) is 0 Å². The van der Waals surface area contributed by atoms with Gasteiger partial charge in [0.1, 0.15) is 9.49 Å². The zero-order valence-corrected chi connectivity index (χ0v) is 11.7. The molecule has 16 heavy (non-hydrogen) atoms. The van der Waals surface area contributed by atoms with Crippen molar-refractivity contribution in [3.05, 3.63) is 0 Å². The Bertz CT molecular complexity index is 203. The summed E-state index contributed by atoms with van der Waals surface area (Å²) >= 11 is -0.588. The Labute approximate surface area is 104 Å².